The molecule has 0 aromatic rings. The minimum Gasteiger partial charge on any atom is -0.461 e. The van der Waals surface area contributed by atoms with Crippen molar-refractivity contribution in [1.82, 2.24) is 0 Å². The summed E-state index contributed by atoms with van der Waals surface area (Å²) in [6, 6.07) is 0. The molecule has 0 radical (unpaired) electrons. The monoisotopic (exact) mass is 274 g/mol. The lowest BCUT2D eigenvalue weighted by molar-refractivity contribution is -0.170. The third-order valence-corrected chi connectivity index (χ3v) is 2.72. The summed E-state index contributed by atoms with van der Waals surface area (Å²) in [7, 11) is 0. The van der Waals surface area contributed by atoms with Crippen LogP contribution in [-0.2, 0) is 19.0 Å². The highest BCUT2D eigenvalue weighted by Gasteiger charge is 2.30. The first-order valence-corrected chi connectivity index (χ1v) is 7.33. The summed E-state index contributed by atoms with van der Waals surface area (Å²) in [5.41, 5.74) is -0.871. The fraction of sp³-hybridized carbons (Fsp3) is 0.933. The molecule has 0 amide bonds. The summed E-state index contributed by atoms with van der Waals surface area (Å²) in [6.45, 7) is 10.9. The number of hydrogen-bond donors (Lipinski definition) is 0. The van der Waals surface area contributed by atoms with Crippen LogP contribution in [0.2, 0.25) is 0 Å². The molecule has 0 spiro atoms. The highest BCUT2D eigenvalue weighted by Crippen LogP contribution is 2.13. The maximum atomic E-state index is 11.8. The van der Waals surface area contributed by atoms with Crippen molar-refractivity contribution in [2.45, 2.75) is 72.0 Å². The molecule has 4 nitrogen and oxygen atoms in total. The first-order valence-electron chi connectivity index (χ1n) is 7.33. The summed E-state index contributed by atoms with van der Waals surface area (Å²) >= 11 is 0. The van der Waals surface area contributed by atoms with Crippen molar-refractivity contribution in [2.75, 3.05) is 19.8 Å². The lowest BCUT2D eigenvalue weighted by Gasteiger charge is -2.23. The zero-order valence-electron chi connectivity index (χ0n) is 13.2. The van der Waals surface area contributed by atoms with E-state index in [0.717, 1.165) is 12.8 Å². The Labute approximate surface area is 117 Å². The highest BCUT2D eigenvalue weighted by atomic mass is 16.6. The standard InChI is InChI=1S/C15H30O4/c1-6-7-8-9-10-19-15(4,5)14(16)18-12-11-17-13(2)3/h13H,6-12H2,1-5H3. The van der Waals surface area contributed by atoms with Crippen molar-refractivity contribution in [3.63, 3.8) is 0 Å². The second kappa shape index (κ2) is 10.2. The van der Waals surface area contributed by atoms with Crippen LogP contribution >= 0.6 is 0 Å². The number of unbranched alkanes of at least 4 members (excludes halogenated alkanes) is 3. The van der Waals surface area contributed by atoms with Gasteiger partial charge in [0, 0.05) is 6.61 Å². The SMILES string of the molecule is CCCCCCOC(C)(C)C(=O)OCCOC(C)C. The molecular weight excluding hydrogens is 244 g/mol. The Bertz CT molecular complexity index is 236. The van der Waals surface area contributed by atoms with Gasteiger partial charge in [-0.15, -0.1) is 0 Å². The van der Waals surface area contributed by atoms with E-state index < -0.39 is 5.60 Å². The fourth-order valence-corrected chi connectivity index (χ4v) is 1.51. The van der Waals surface area contributed by atoms with Gasteiger partial charge in [-0.25, -0.2) is 4.79 Å². The Morgan fingerprint density at radius 3 is 2.32 bits per heavy atom. The Hall–Kier alpha value is -0.610. The molecule has 0 bridgehead atoms. The molecule has 0 aliphatic heterocycles. The van der Waals surface area contributed by atoms with Gasteiger partial charge in [0.25, 0.3) is 0 Å². The van der Waals surface area contributed by atoms with Gasteiger partial charge in [-0.3, -0.25) is 0 Å². The highest BCUT2D eigenvalue weighted by molar-refractivity contribution is 5.78. The molecule has 0 unspecified atom stereocenters. The minimum absolute atomic E-state index is 0.154. The minimum atomic E-state index is -0.871. The van der Waals surface area contributed by atoms with Crippen molar-refractivity contribution in [3.05, 3.63) is 0 Å². The molecule has 114 valence electrons. The summed E-state index contributed by atoms with van der Waals surface area (Å²) < 4.78 is 16.1. The largest absolute Gasteiger partial charge is 0.461 e. The van der Waals surface area contributed by atoms with Crippen LogP contribution in [0.4, 0.5) is 0 Å². The van der Waals surface area contributed by atoms with Crippen LogP contribution in [0.3, 0.4) is 0 Å². The number of hydrogen-bond acceptors (Lipinski definition) is 4. The zero-order valence-corrected chi connectivity index (χ0v) is 13.2. The third kappa shape index (κ3) is 9.91. The van der Waals surface area contributed by atoms with E-state index in [1.54, 1.807) is 13.8 Å². The van der Waals surface area contributed by atoms with Gasteiger partial charge >= 0.3 is 5.97 Å². The van der Waals surface area contributed by atoms with E-state index in [1.807, 2.05) is 13.8 Å². The molecule has 0 saturated carbocycles. The normalized spacial score (nSPS) is 11.9. The predicted molar refractivity (Wildman–Crippen MR) is 76.2 cm³/mol. The fourth-order valence-electron chi connectivity index (χ4n) is 1.51. The molecule has 0 aliphatic rings. The summed E-state index contributed by atoms with van der Waals surface area (Å²) in [6.07, 6.45) is 4.69. The smallest absolute Gasteiger partial charge is 0.337 e. The van der Waals surface area contributed by atoms with E-state index in [0.29, 0.717) is 13.2 Å². The van der Waals surface area contributed by atoms with Crippen LogP contribution in [0.1, 0.15) is 60.3 Å². The first kappa shape index (κ1) is 18.4. The van der Waals surface area contributed by atoms with Gasteiger partial charge in [0.05, 0.1) is 12.7 Å². The zero-order chi connectivity index (χ0) is 14.7. The Kier molecular flexibility index (Phi) is 9.88. The van der Waals surface area contributed by atoms with Crippen molar-refractivity contribution < 1.29 is 19.0 Å². The van der Waals surface area contributed by atoms with E-state index in [4.69, 9.17) is 14.2 Å². The Morgan fingerprint density at radius 2 is 1.74 bits per heavy atom. The average Bonchev–Trinajstić information content (AvgIpc) is 2.33. The van der Waals surface area contributed by atoms with E-state index in [1.165, 1.54) is 12.8 Å². The Morgan fingerprint density at radius 1 is 1.05 bits per heavy atom. The van der Waals surface area contributed by atoms with Crippen LogP contribution in [0.25, 0.3) is 0 Å². The molecule has 0 aromatic heterocycles. The molecule has 4 heteroatoms. The number of esters is 1. The average molecular weight is 274 g/mol. The summed E-state index contributed by atoms with van der Waals surface area (Å²) in [4.78, 5) is 11.8. The molecular formula is C15H30O4. The molecule has 0 heterocycles. The quantitative estimate of drug-likeness (QED) is 0.428. The third-order valence-electron chi connectivity index (χ3n) is 2.72. The number of rotatable bonds is 11. The number of ether oxygens (including phenoxy) is 3. The molecule has 0 aliphatic carbocycles. The van der Waals surface area contributed by atoms with E-state index in [2.05, 4.69) is 6.92 Å². The molecule has 0 saturated heterocycles. The van der Waals surface area contributed by atoms with E-state index in [-0.39, 0.29) is 18.7 Å². The van der Waals surface area contributed by atoms with E-state index >= 15 is 0 Å². The van der Waals surface area contributed by atoms with Gasteiger partial charge in [-0.05, 0) is 34.1 Å². The van der Waals surface area contributed by atoms with Crippen LogP contribution < -0.4 is 0 Å². The van der Waals surface area contributed by atoms with Crippen LogP contribution in [0, 0.1) is 0 Å². The lowest BCUT2D eigenvalue weighted by Crippen LogP contribution is -2.37. The van der Waals surface area contributed by atoms with Gasteiger partial charge in [0.15, 0.2) is 5.60 Å². The van der Waals surface area contributed by atoms with Gasteiger partial charge in [-0.1, -0.05) is 26.2 Å². The molecule has 0 aromatic carbocycles. The lowest BCUT2D eigenvalue weighted by atomic mass is 10.1. The topological polar surface area (TPSA) is 44.8 Å². The van der Waals surface area contributed by atoms with Crippen molar-refractivity contribution in [3.8, 4) is 0 Å². The van der Waals surface area contributed by atoms with E-state index in [9.17, 15) is 4.79 Å². The van der Waals surface area contributed by atoms with Gasteiger partial charge < -0.3 is 14.2 Å². The van der Waals surface area contributed by atoms with Crippen LogP contribution in [0.5, 0.6) is 0 Å². The maximum absolute atomic E-state index is 11.8. The summed E-state index contributed by atoms with van der Waals surface area (Å²) in [5, 5.41) is 0. The predicted octanol–water partition coefficient (Wildman–Crippen LogP) is 3.33. The molecule has 0 rings (SSSR count). The van der Waals surface area contributed by atoms with Crippen molar-refractivity contribution in [2.24, 2.45) is 0 Å². The second-order valence-corrected chi connectivity index (χ2v) is 5.47. The van der Waals surface area contributed by atoms with Crippen LogP contribution in [-0.4, -0.2) is 37.5 Å². The molecule has 19 heavy (non-hydrogen) atoms. The maximum Gasteiger partial charge on any atom is 0.337 e. The van der Waals surface area contributed by atoms with Gasteiger partial charge in [-0.2, -0.15) is 0 Å². The van der Waals surface area contributed by atoms with Crippen LogP contribution in [0.15, 0.2) is 0 Å². The molecule has 0 atom stereocenters. The van der Waals surface area contributed by atoms with Gasteiger partial charge in [0.1, 0.15) is 6.61 Å². The number of carbonyl (C=O) groups excluding carboxylic acids is 1. The molecule has 0 N–H and O–H groups in total. The molecule has 0 fully saturated rings. The second-order valence-electron chi connectivity index (χ2n) is 5.47. The van der Waals surface area contributed by atoms with Crippen molar-refractivity contribution >= 4 is 5.97 Å². The van der Waals surface area contributed by atoms with Gasteiger partial charge in [0.2, 0.25) is 0 Å². The van der Waals surface area contributed by atoms with Crippen molar-refractivity contribution in [1.29, 1.82) is 0 Å². The first-order chi connectivity index (χ1) is 8.90. The Balaban J connectivity index is 3.74. The number of carbonyl (C=O) groups is 1. The summed E-state index contributed by atoms with van der Waals surface area (Å²) in [5.74, 6) is -0.324.